The van der Waals surface area contributed by atoms with E-state index in [0.717, 1.165) is 10.8 Å². The van der Waals surface area contributed by atoms with E-state index in [1.807, 2.05) is 57.3 Å². The molecule has 148 valence electrons. The highest BCUT2D eigenvalue weighted by atomic mass is 16.5. The first-order valence-corrected chi connectivity index (χ1v) is 9.41. The molecule has 1 N–H and O–H groups in total. The monoisotopic (exact) mass is 391 g/mol. The van der Waals surface area contributed by atoms with Crippen LogP contribution in [0.1, 0.15) is 37.2 Å². The Morgan fingerprint density at radius 3 is 2.76 bits per heavy atom. The SMILES string of the molecule is CCOc1ccc2ccccc2c1C(=O)Nc1nnc(-c2ccn(C(C)C)n2)o1. The molecule has 0 bridgehead atoms. The van der Waals surface area contributed by atoms with Gasteiger partial charge in [-0.15, -0.1) is 5.10 Å². The van der Waals surface area contributed by atoms with Crippen molar-refractivity contribution in [2.45, 2.75) is 26.8 Å². The summed E-state index contributed by atoms with van der Waals surface area (Å²) in [6, 6.07) is 13.3. The zero-order valence-electron chi connectivity index (χ0n) is 16.4. The number of aromatic nitrogens is 4. The number of rotatable bonds is 6. The molecule has 4 aromatic rings. The van der Waals surface area contributed by atoms with Crippen molar-refractivity contribution in [3.05, 3.63) is 54.2 Å². The van der Waals surface area contributed by atoms with Crippen LogP contribution in [0.5, 0.6) is 5.75 Å². The highest BCUT2D eigenvalue weighted by Crippen LogP contribution is 2.29. The lowest BCUT2D eigenvalue weighted by molar-refractivity contribution is 0.102. The van der Waals surface area contributed by atoms with Gasteiger partial charge >= 0.3 is 6.01 Å². The molecule has 0 fully saturated rings. The van der Waals surface area contributed by atoms with Crippen LogP contribution in [0.25, 0.3) is 22.4 Å². The summed E-state index contributed by atoms with van der Waals surface area (Å²) >= 11 is 0. The smallest absolute Gasteiger partial charge is 0.322 e. The number of anilines is 1. The van der Waals surface area contributed by atoms with Crippen LogP contribution in [0.4, 0.5) is 6.01 Å². The summed E-state index contributed by atoms with van der Waals surface area (Å²) in [6.07, 6.45) is 1.84. The van der Waals surface area contributed by atoms with Crippen molar-refractivity contribution in [3.8, 4) is 17.3 Å². The molecule has 2 aromatic heterocycles. The van der Waals surface area contributed by atoms with E-state index in [0.29, 0.717) is 23.6 Å². The normalized spacial score (nSPS) is 11.2. The Morgan fingerprint density at radius 2 is 2.00 bits per heavy atom. The maximum Gasteiger partial charge on any atom is 0.322 e. The van der Waals surface area contributed by atoms with Gasteiger partial charge in [0.15, 0.2) is 0 Å². The molecule has 0 aliphatic rings. The van der Waals surface area contributed by atoms with Crippen LogP contribution in [0.3, 0.4) is 0 Å². The van der Waals surface area contributed by atoms with Gasteiger partial charge in [-0.1, -0.05) is 35.4 Å². The molecule has 8 nitrogen and oxygen atoms in total. The maximum atomic E-state index is 13.0. The average Bonchev–Trinajstić information content (AvgIpc) is 3.37. The molecule has 0 radical (unpaired) electrons. The Morgan fingerprint density at radius 1 is 1.17 bits per heavy atom. The van der Waals surface area contributed by atoms with Crippen LogP contribution in [0.15, 0.2) is 53.1 Å². The summed E-state index contributed by atoms with van der Waals surface area (Å²) in [7, 11) is 0. The fraction of sp³-hybridized carbons (Fsp3) is 0.238. The summed E-state index contributed by atoms with van der Waals surface area (Å²) in [4.78, 5) is 13.0. The molecule has 0 saturated carbocycles. The molecule has 29 heavy (non-hydrogen) atoms. The topological polar surface area (TPSA) is 95.1 Å². The first-order chi connectivity index (χ1) is 14.1. The van der Waals surface area contributed by atoms with Crippen LogP contribution >= 0.6 is 0 Å². The zero-order valence-corrected chi connectivity index (χ0v) is 16.4. The van der Waals surface area contributed by atoms with Crippen molar-refractivity contribution in [3.63, 3.8) is 0 Å². The zero-order chi connectivity index (χ0) is 20.4. The molecule has 0 unspecified atom stereocenters. The lowest BCUT2D eigenvalue weighted by Gasteiger charge is -2.12. The number of ether oxygens (including phenoxy) is 1. The van der Waals surface area contributed by atoms with E-state index in [9.17, 15) is 4.79 Å². The number of nitrogens with one attached hydrogen (secondary N) is 1. The van der Waals surface area contributed by atoms with E-state index < -0.39 is 0 Å². The quantitative estimate of drug-likeness (QED) is 0.526. The van der Waals surface area contributed by atoms with Crippen molar-refractivity contribution in [2.24, 2.45) is 0 Å². The lowest BCUT2D eigenvalue weighted by Crippen LogP contribution is -2.14. The summed E-state index contributed by atoms with van der Waals surface area (Å²) in [6.45, 7) is 6.37. The van der Waals surface area contributed by atoms with Gasteiger partial charge in [-0.05, 0) is 43.7 Å². The summed E-state index contributed by atoms with van der Waals surface area (Å²) in [5, 5.41) is 16.7. The predicted molar refractivity (Wildman–Crippen MR) is 109 cm³/mol. The minimum atomic E-state index is -0.381. The van der Waals surface area contributed by atoms with Gasteiger partial charge < -0.3 is 9.15 Å². The predicted octanol–water partition coefficient (Wildman–Crippen LogP) is 4.32. The second-order valence-electron chi connectivity index (χ2n) is 6.73. The number of nitrogens with zero attached hydrogens (tertiary/aromatic N) is 4. The maximum absolute atomic E-state index is 13.0. The lowest BCUT2D eigenvalue weighted by atomic mass is 10.0. The Hall–Kier alpha value is -3.68. The van der Waals surface area contributed by atoms with Gasteiger partial charge in [-0.3, -0.25) is 14.8 Å². The van der Waals surface area contributed by atoms with Gasteiger partial charge in [-0.25, -0.2) is 0 Å². The summed E-state index contributed by atoms with van der Waals surface area (Å²) < 4.78 is 13.1. The Kier molecular flexibility index (Phi) is 4.99. The molecule has 2 aromatic carbocycles. The minimum absolute atomic E-state index is 0.000482. The summed E-state index contributed by atoms with van der Waals surface area (Å²) in [5.41, 5.74) is 0.973. The number of amides is 1. The fourth-order valence-electron chi connectivity index (χ4n) is 3.04. The number of fused-ring (bicyclic) bond motifs is 1. The molecule has 2 heterocycles. The van der Waals surface area contributed by atoms with E-state index in [-0.39, 0.29) is 23.9 Å². The molecule has 0 aliphatic carbocycles. The third-order valence-electron chi connectivity index (χ3n) is 4.42. The molecular weight excluding hydrogens is 370 g/mol. The third-order valence-corrected chi connectivity index (χ3v) is 4.42. The van der Waals surface area contributed by atoms with Crippen LogP contribution in [0, 0.1) is 0 Å². The highest BCUT2D eigenvalue weighted by molar-refractivity contribution is 6.14. The molecule has 0 aliphatic heterocycles. The Balaban J connectivity index is 1.63. The standard InChI is InChI=1S/C21H21N5O3/c1-4-28-17-10-9-14-7-5-6-8-15(14)18(17)19(27)22-21-24-23-20(29-21)16-11-12-26(25-16)13(2)3/h5-13H,4H2,1-3H3,(H,22,24,27). The Labute approximate surface area is 167 Å². The minimum Gasteiger partial charge on any atom is -0.493 e. The first kappa shape index (κ1) is 18.7. The van der Waals surface area contributed by atoms with E-state index in [4.69, 9.17) is 9.15 Å². The molecule has 8 heteroatoms. The number of benzene rings is 2. The third kappa shape index (κ3) is 3.69. The average molecular weight is 391 g/mol. The van der Waals surface area contributed by atoms with Crippen molar-refractivity contribution >= 4 is 22.7 Å². The van der Waals surface area contributed by atoms with Crippen molar-refractivity contribution in [1.29, 1.82) is 0 Å². The highest BCUT2D eigenvalue weighted by Gasteiger charge is 2.20. The molecule has 0 saturated heterocycles. The summed E-state index contributed by atoms with van der Waals surface area (Å²) in [5.74, 6) is 0.356. The van der Waals surface area contributed by atoms with Gasteiger partial charge in [0.1, 0.15) is 11.4 Å². The molecule has 4 rings (SSSR count). The van der Waals surface area contributed by atoms with Gasteiger partial charge in [0.25, 0.3) is 11.8 Å². The first-order valence-electron chi connectivity index (χ1n) is 9.41. The number of carbonyl (C=O) groups is 1. The van der Waals surface area contributed by atoms with Crippen LogP contribution in [0.2, 0.25) is 0 Å². The van der Waals surface area contributed by atoms with Gasteiger partial charge in [0.2, 0.25) is 0 Å². The van der Waals surface area contributed by atoms with Crippen molar-refractivity contribution in [2.75, 3.05) is 11.9 Å². The van der Waals surface area contributed by atoms with Crippen molar-refractivity contribution < 1.29 is 13.9 Å². The van der Waals surface area contributed by atoms with Crippen molar-refractivity contribution in [1.82, 2.24) is 20.0 Å². The van der Waals surface area contributed by atoms with E-state index in [2.05, 4.69) is 20.6 Å². The molecular formula is C21H21N5O3. The van der Waals surface area contributed by atoms with Gasteiger partial charge in [-0.2, -0.15) is 5.10 Å². The Bertz CT molecular complexity index is 1160. The molecule has 1 amide bonds. The van der Waals surface area contributed by atoms with Crippen LogP contribution in [-0.4, -0.2) is 32.5 Å². The molecule has 0 spiro atoms. The van der Waals surface area contributed by atoms with Gasteiger partial charge in [0.05, 0.1) is 12.2 Å². The number of hydrogen-bond donors (Lipinski definition) is 1. The number of hydrogen-bond acceptors (Lipinski definition) is 6. The second-order valence-corrected chi connectivity index (χ2v) is 6.73. The molecule has 0 atom stereocenters. The van der Waals surface area contributed by atoms with Crippen LogP contribution < -0.4 is 10.1 Å². The van der Waals surface area contributed by atoms with Crippen LogP contribution in [-0.2, 0) is 0 Å². The fourth-order valence-corrected chi connectivity index (χ4v) is 3.04. The van der Waals surface area contributed by atoms with E-state index in [1.54, 1.807) is 16.8 Å². The number of carbonyl (C=O) groups excluding carboxylic acids is 1. The van der Waals surface area contributed by atoms with E-state index >= 15 is 0 Å². The largest absolute Gasteiger partial charge is 0.493 e. The van der Waals surface area contributed by atoms with E-state index in [1.165, 1.54) is 0 Å². The second kappa shape index (κ2) is 7.75. The van der Waals surface area contributed by atoms with Gasteiger partial charge in [0, 0.05) is 12.2 Å².